The predicted molar refractivity (Wildman–Crippen MR) is 75.5 cm³/mol. The molecule has 0 N–H and O–H groups in total. The minimum atomic E-state index is 0.958. The van der Waals surface area contributed by atoms with Gasteiger partial charge in [-0.15, -0.1) is 11.8 Å². The van der Waals surface area contributed by atoms with E-state index in [1.165, 1.54) is 11.1 Å². The van der Waals surface area contributed by atoms with Crippen LogP contribution in [0.1, 0.15) is 11.1 Å². The number of hydrogen-bond donors (Lipinski definition) is 0. The van der Waals surface area contributed by atoms with Gasteiger partial charge in [-0.3, -0.25) is 0 Å². The Morgan fingerprint density at radius 1 is 1.31 bits per heavy atom. The summed E-state index contributed by atoms with van der Waals surface area (Å²) in [6, 6.07) is 8.45. The molecule has 1 heterocycles. The lowest BCUT2D eigenvalue weighted by Gasteiger charge is -2.05. The second-order valence-electron chi connectivity index (χ2n) is 3.39. The lowest BCUT2D eigenvalue weighted by Crippen LogP contribution is -1.89. The van der Waals surface area contributed by atoms with Crippen molar-refractivity contribution in [3.8, 4) is 0 Å². The summed E-state index contributed by atoms with van der Waals surface area (Å²) in [4.78, 5) is 8.25. The van der Waals surface area contributed by atoms with Crippen molar-refractivity contribution in [3.63, 3.8) is 0 Å². The average molecular weight is 342 g/mol. The first-order chi connectivity index (χ1) is 7.77. The fourth-order valence-electron chi connectivity index (χ4n) is 1.33. The van der Waals surface area contributed by atoms with Crippen molar-refractivity contribution in [2.45, 2.75) is 17.7 Å². The van der Waals surface area contributed by atoms with Crippen molar-refractivity contribution in [3.05, 3.63) is 51.5 Å². The molecule has 16 heavy (non-hydrogen) atoms. The monoisotopic (exact) mass is 342 g/mol. The van der Waals surface area contributed by atoms with E-state index in [4.69, 9.17) is 0 Å². The Balaban J connectivity index is 2.09. The molecule has 2 rings (SSSR count). The Morgan fingerprint density at radius 3 is 2.88 bits per heavy atom. The van der Waals surface area contributed by atoms with Gasteiger partial charge in [0.15, 0.2) is 0 Å². The molecule has 4 heteroatoms. The van der Waals surface area contributed by atoms with Gasteiger partial charge in [0.05, 0.1) is 3.57 Å². The zero-order valence-corrected chi connectivity index (χ0v) is 11.8. The molecule has 0 bridgehead atoms. The Hall–Kier alpha value is -0.620. The number of rotatable bonds is 3. The van der Waals surface area contributed by atoms with Gasteiger partial charge in [-0.2, -0.15) is 0 Å². The first kappa shape index (κ1) is 11.9. The molecule has 0 fully saturated rings. The fourth-order valence-corrected chi connectivity index (χ4v) is 3.02. The number of nitrogens with zero attached hydrogens (tertiary/aromatic N) is 2. The van der Waals surface area contributed by atoms with Gasteiger partial charge in [0.2, 0.25) is 0 Å². The summed E-state index contributed by atoms with van der Waals surface area (Å²) in [6.07, 6.45) is 3.44. The van der Waals surface area contributed by atoms with E-state index in [-0.39, 0.29) is 0 Å². The van der Waals surface area contributed by atoms with Crippen LogP contribution in [0.4, 0.5) is 0 Å². The van der Waals surface area contributed by atoms with E-state index in [1.54, 1.807) is 18.1 Å². The van der Waals surface area contributed by atoms with Gasteiger partial charge in [0.1, 0.15) is 11.4 Å². The average Bonchev–Trinajstić information content (AvgIpc) is 2.30. The molecule has 0 aliphatic rings. The van der Waals surface area contributed by atoms with Crippen molar-refractivity contribution in [1.29, 1.82) is 0 Å². The molecule has 82 valence electrons. The van der Waals surface area contributed by atoms with E-state index in [1.807, 2.05) is 6.20 Å². The molecule has 2 nitrogen and oxygen atoms in total. The Labute approximate surface area is 113 Å². The third-order valence-electron chi connectivity index (χ3n) is 2.26. The summed E-state index contributed by atoms with van der Waals surface area (Å²) in [5.74, 6) is 0.958. The first-order valence-electron chi connectivity index (χ1n) is 4.90. The van der Waals surface area contributed by atoms with Gasteiger partial charge in [0.25, 0.3) is 0 Å². The number of thioether (sulfide) groups is 1. The predicted octanol–water partition coefficient (Wildman–Crippen LogP) is 3.68. The summed E-state index contributed by atoms with van der Waals surface area (Å²) < 4.78 is 1.11. The smallest absolute Gasteiger partial charge is 0.116 e. The Bertz CT molecular complexity index is 442. The largest absolute Gasteiger partial charge is 0.244 e. The molecule has 0 unspecified atom stereocenters. The molecule has 0 aliphatic carbocycles. The Morgan fingerprint density at radius 2 is 2.12 bits per heavy atom. The summed E-state index contributed by atoms with van der Waals surface area (Å²) in [7, 11) is 0. The van der Waals surface area contributed by atoms with Crippen molar-refractivity contribution >= 4 is 34.4 Å². The van der Waals surface area contributed by atoms with Crippen LogP contribution in [0.2, 0.25) is 0 Å². The van der Waals surface area contributed by atoms with Gasteiger partial charge in [-0.1, -0.05) is 24.3 Å². The molecule has 1 aromatic carbocycles. The zero-order chi connectivity index (χ0) is 11.4. The highest BCUT2D eigenvalue weighted by atomic mass is 127. The zero-order valence-electron chi connectivity index (χ0n) is 8.85. The van der Waals surface area contributed by atoms with Crippen LogP contribution in [-0.2, 0) is 5.75 Å². The SMILES string of the molecule is Cc1ccccc1CSc1ncncc1I. The van der Waals surface area contributed by atoms with Crippen molar-refractivity contribution in [1.82, 2.24) is 9.97 Å². The topological polar surface area (TPSA) is 25.8 Å². The van der Waals surface area contributed by atoms with Crippen molar-refractivity contribution < 1.29 is 0 Å². The minimum absolute atomic E-state index is 0.958. The summed E-state index contributed by atoms with van der Waals surface area (Å²) in [6.45, 7) is 2.14. The highest BCUT2D eigenvalue weighted by Crippen LogP contribution is 2.25. The van der Waals surface area contributed by atoms with E-state index in [9.17, 15) is 0 Å². The van der Waals surface area contributed by atoms with E-state index >= 15 is 0 Å². The highest BCUT2D eigenvalue weighted by Gasteiger charge is 2.03. The van der Waals surface area contributed by atoms with Gasteiger partial charge in [-0.05, 0) is 40.6 Å². The van der Waals surface area contributed by atoms with Crippen LogP contribution in [0.15, 0.2) is 41.8 Å². The van der Waals surface area contributed by atoms with Crippen LogP contribution in [0.5, 0.6) is 0 Å². The third kappa shape index (κ3) is 2.95. The maximum Gasteiger partial charge on any atom is 0.116 e. The highest BCUT2D eigenvalue weighted by molar-refractivity contribution is 14.1. The van der Waals surface area contributed by atoms with Crippen LogP contribution >= 0.6 is 34.4 Å². The Kier molecular flexibility index (Phi) is 4.17. The number of hydrogen-bond acceptors (Lipinski definition) is 3. The summed E-state index contributed by atoms with van der Waals surface area (Å²) in [5.41, 5.74) is 2.70. The number of aromatic nitrogens is 2. The van der Waals surface area contributed by atoms with Gasteiger partial charge in [-0.25, -0.2) is 9.97 Å². The van der Waals surface area contributed by atoms with Crippen LogP contribution in [0, 0.1) is 10.5 Å². The number of halogens is 1. The number of benzene rings is 1. The normalized spacial score (nSPS) is 10.4. The molecule has 0 aliphatic heterocycles. The molecule has 0 amide bonds. The molecule has 0 saturated carbocycles. The molecule has 2 aromatic rings. The lowest BCUT2D eigenvalue weighted by atomic mass is 10.1. The second-order valence-corrected chi connectivity index (χ2v) is 5.52. The van der Waals surface area contributed by atoms with Crippen LogP contribution in [0.3, 0.4) is 0 Å². The van der Waals surface area contributed by atoms with Gasteiger partial charge >= 0.3 is 0 Å². The van der Waals surface area contributed by atoms with E-state index in [0.717, 1.165) is 14.3 Å². The fraction of sp³-hybridized carbons (Fsp3) is 0.167. The van der Waals surface area contributed by atoms with E-state index < -0.39 is 0 Å². The standard InChI is InChI=1S/C12H11IN2S/c1-9-4-2-3-5-10(9)7-16-12-11(13)6-14-8-15-12/h2-6,8H,7H2,1H3. The molecular formula is C12H11IN2S. The molecular weight excluding hydrogens is 331 g/mol. The van der Waals surface area contributed by atoms with Crippen molar-refractivity contribution in [2.24, 2.45) is 0 Å². The quantitative estimate of drug-likeness (QED) is 0.483. The maximum absolute atomic E-state index is 4.27. The van der Waals surface area contributed by atoms with Crippen molar-refractivity contribution in [2.75, 3.05) is 0 Å². The summed E-state index contributed by atoms with van der Waals surface area (Å²) >= 11 is 4.02. The maximum atomic E-state index is 4.27. The van der Waals surface area contributed by atoms with Gasteiger partial charge in [0, 0.05) is 11.9 Å². The summed E-state index contributed by atoms with van der Waals surface area (Å²) in [5, 5.41) is 1.05. The molecule has 1 aromatic heterocycles. The minimum Gasteiger partial charge on any atom is -0.244 e. The number of aryl methyl sites for hydroxylation is 1. The molecule has 0 atom stereocenters. The van der Waals surface area contributed by atoms with Crippen LogP contribution in [-0.4, -0.2) is 9.97 Å². The van der Waals surface area contributed by atoms with Gasteiger partial charge < -0.3 is 0 Å². The van der Waals surface area contributed by atoms with E-state index in [0.29, 0.717) is 0 Å². The lowest BCUT2D eigenvalue weighted by molar-refractivity contribution is 1.02. The second kappa shape index (κ2) is 5.63. The molecule has 0 spiro atoms. The van der Waals surface area contributed by atoms with E-state index in [2.05, 4.69) is 63.7 Å². The third-order valence-corrected chi connectivity index (χ3v) is 4.47. The molecule has 0 saturated heterocycles. The first-order valence-corrected chi connectivity index (χ1v) is 6.96. The van der Waals surface area contributed by atoms with Crippen LogP contribution < -0.4 is 0 Å². The molecule has 0 radical (unpaired) electrons. The van der Waals surface area contributed by atoms with Crippen LogP contribution in [0.25, 0.3) is 0 Å².